The van der Waals surface area contributed by atoms with Gasteiger partial charge in [0.05, 0.1) is 11.3 Å². The topological polar surface area (TPSA) is 98.2 Å². The molecular formula is C23H24N6O. The normalized spacial score (nSPS) is 12.1. The Morgan fingerprint density at radius 1 is 1.17 bits per heavy atom. The summed E-state index contributed by atoms with van der Waals surface area (Å²) in [7, 11) is 0. The van der Waals surface area contributed by atoms with Gasteiger partial charge >= 0.3 is 0 Å². The maximum Gasteiger partial charge on any atom is 0.253 e. The molecule has 30 heavy (non-hydrogen) atoms. The predicted molar refractivity (Wildman–Crippen MR) is 117 cm³/mol. The largest absolute Gasteiger partial charge is 0.366 e. The zero-order valence-corrected chi connectivity index (χ0v) is 17.0. The standard InChI is InChI=1S/C23H24N6O/c1-15(17-6-4-3-5-7-17)8-10-25-22(30)20-12-19(14-26-16(20)2)18-9-11-29-21(13-18)27-23(24)28-29/h3-7,9,11-15H,8,10H2,1-2H3,(H2,24,28)(H,25,30). The van der Waals surface area contributed by atoms with Crippen LogP contribution in [0.15, 0.2) is 60.9 Å². The maximum absolute atomic E-state index is 12.8. The van der Waals surface area contributed by atoms with E-state index in [-0.39, 0.29) is 11.9 Å². The van der Waals surface area contributed by atoms with Crippen LogP contribution < -0.4 is 11.1 Å². The van der Waals surface area contributed by atoms with E-state index in [2.05, 4.69) is 39.4 Å². The summed E-state index contributed by atoms with van der Waals surface area (Å²) in [6, 6.07) is 16.0. The number of nitrogens with zero attached hydrogens (tertiary/aromatic N) is 4. The van der Waals surface area contributed by atoms with Crippen LogP contribution in [-0.2, 0) is 0 Å². The smallest absolute Gasteiger partial charge is 0.253 e. The van der Waals surface area contributed by atoms with E-state index in [1.807, 2.05) is 43.3 Å². The number of carbonyl (C=O) groups is 1. The fourth-order valence-electron chi connectivity index (χ4n) is 3.44. The Hall–Kier alpha value is -3.74. The molecule has 1 unspecified atom stereocenters. The van der Waals surface area contributed by atoms with Crippen molar-refractivity contribution in [1.82, 2.24) is 24.9 Å². The molecule has 4 rings (SSSR count). The summed E-state index contributed by atoms with van der Waals surface area (Å²) in [5, 5.41) is 7.11. The molecule has 0 spiro atoms. The van der Waals surface area contributed by atoms with Crippen molar-refractivity contribution in [2.75, 3.05) is 12.3 Å². The molecule has 7 nitrogen and oxygen atoms in total. The summed E-state index contributed by atoms with van der Waals surface area (Å²) >= 11 is 0. The van der Waals surface area contributed by atoms with Crippen LogP contribution in [0, 0.1) is 6.92 Å². The lowest BCUT2D eigenvalue weighted by Crippen LogP contribution is -2.26. The number of aromatic nitrogens is 4. The lowest BCUT2D eigenvalue weighted by Gasteiger charge is -2.13. The fourth-order valence-corrected chi connectivity index (χ4v) is 3.44. The van der Waals surface area contributed by atoms with Crippen LogP contribution in [0.1, 0.15) is 40.9 Å². The molecule has 1 aromatic carbocycles. The Labute approximate surface area is 175 Å². The molecule has 0 aliphatic heterocycles. The van der Waals surface area contributed by atoms with Gasteiger partial charge in [0.1, 0.15) is 0 Å². The minimum atomic E-state index is -0.116. The number of anilines is 1. The fraction of sp³-hybridized carbons (Fsp3) is 0.217. The van der Waals surface area contributed by atoms with E-state index in [1.54, 1.807) is 16.9 Å². The van der Waals surface area contributed by atoms with Crippen LogP contribution in [0.5, 0.6) is 0 Å². The first-order chi connectivity index (χ1) is 14.5. The molecule has 0 bridgehead atoms. The average molecular weight is 400 g/mol. The Bertz CT molecular complexity index is 1190. The third-order valence-corrected chi connectivity index (χ3v) is 5.25. The SMILES string of the molecule is Cc1ncc(-c2ccn3nc(N)nc3c2)cc1C(=O)NCCC(C)c1ccccc1. The zero-order chi connectivity index (χ0) is 21.1. The van der Waals surface area contributed by atoms with Crippen molar-refractivity contribution >= 4 is 17.5 Å². The highest BCUT2D eigenvalue weighted by Crippen LogP contribution is 2.23. The van der Waals surface area contributed by atoms with Gasteiger partial charge in [-0.1, -0.05) is 37.3 Å². The molecule has 0 aliphatic carbocycles. The van der Waals surface area contributed by atoms with Crippen molar-refractivity contribution in [3.05, 3.63) is 77.7 Å². The molecule has 3 aromatic heterocycles. The van der Waals surface area contributed by atoms with E-state index < -0.39 is 0 Å². The molecule has 1 amide bonds. The lowest BCUT2D eigenvalue weighted by molar-refractivity contribution is 0.0951. The number of amides is 1. The van der Waals surface area contributed by atoms with Crippen molar-refractivity contribution in [3.8, 4) is 11.1 Å². The van der Waals surface area contributed by atoms with E-state index in [9.17, 15) is 4.79 Å². The maximum atomic E-state index is 12.8. The number of benzene rings is 1. The van der Waals surface area contributed by atoms with Crippen molar-refractivity contribution < 1.29 is 4.79 Å². The molecule has 0 saturated carbocycles. The summed E-state index contributed by atoms with van der Waals surface area (Å²) in [5.74, 6) is 0.480. The van der Waals surface area contributed by atoms with Gasteiger partial charge in [-0.05, 0) is 48.6 Å². The van der Waals surface area contributed by atoms with Crippen LogP contribution in [0.3, 0.4) is 0 Å². The van der Waals surface area contributed by atoms with Crippen molar-refractivity contribution in [3.63, 3.8) is 0 Å². The van der Waals surface area contributed by atoms with Crippen LogP contribution in [0.4, 0.5) is 5.95 Å². The van der Waals surface area contributed by atoms with Crippen LogP contribution in [0.25, 0.3) is 16.8 Å². The van der Waals surface area contributed by atoms with Crippen LogP contribution in [0.2, 0.25) is 0 Å². The highest BCUT2D eigenvalue weighted by Gasteiger charge is 2.13. The third kappa shape index (κ3) is 4.15. The molecule has 0 fully saturated rings. The molecule has 152 valence electrons. The summed E-state index contributed by atoms with van der Waals surface area (Å²) < 4.78 is 1.61. The summed E-state index contributed by atoms with van der Waals surface area (Å²) in [4.78, 5) is 21.4. The third-order valence-electron chi connectivity index (χ3n) is 5.25. The Morgan fingerprint density at radius 3 is 2.77 bits per heavy atom. The number of hydrogen-bond acceptors (Lipinski definition) is 5. The number of aryl methyl sites for hydroxylation is 1. The molecule has 1 atom stereocenters. The van der Waals surface area contributed by atoms with Crippen molar-refractivity contribution in [2.45, 2.75) is 26.2 Å². The Kier molecular flexibility index (Phi) is 5.43. The van der Waals surface area contributed by atoms with E-state index in [1.165, 1.54) is 5.56 Å². The van der Waals surface area contributed by atoms with E-state index in [0.29, 0.717) is 29.4 Å². The Balaban J connectivity index is 1.47. The number of nitrogens with two attached hydrogens (primary N) is 1. The lowest BCUT2D eigenvalue weighted by atomic mass is 9.98. The van der Waals surface area contributed by atoms with Gasteiger partial charge in [0, 0.05) is 24.5 Å². The summed E-state index contributed by atoms with van der Waals surface area (Å²) in [6.45, 7) is 4.61. The van der Waals surface area contributed by atoms with E-state index in [0.717, 1.165) is 17.5 Å². The van der Waals surface area contributed by atoms with Gasteiger partial charge in [-0.15, -0.1) is 5.10 Å². The Morgan fingerprint density at radius 2 is 1.97 bits per heavy atom. The second kappa shape index (κ2) is 8.32. The molecule has 4 aromatic rings. The second-order valence-corrected chi connectivity index (χ2v) is 7.40. The zero-order valence-electron chi connectivity index (χ0n) is 17.0. The minimum absolute atomic E-state index is 0.116. The van der Waals surface area contributed by atoms with Gasteiger partial charge in [-0.2, -0.15) is 4.98 Å². The van der Waals surface area contributed by atoms with E-state index >= 15 is 0 Å². The predicted octanol–water partition coefficient (Wildman–Crippen LogP) is 3.61. The first-order valence-corrected chi connectivity index (χ1v) is 9.93. The molecule has 0 saturated heterocycles. The monoisotopic (exact) mass is 400 g/mol. The van der Waals surface area contributed by atoms with Crippen molar-refractivity contribution in [1.29, 1.82) is 0 Å². The molecule has 7 heteroatoms. The molecule has 3 N–H and O–H groups in total. The number of pyridine rings is 2. The highest BCUT2D eigenvalue weighted by molar-refractivity contribution is 5.96. The second-order valence-electron chi connectivity index (χ2n) is 7.40. The molecule has 3 heterocycles. The van der Waals surface area contributed by atoms with Gasteiger partial charge in [0.25, 0.3) is 5.91 Å². The van der Waals surface area contributed by atoms with Crippen LogP contribution in [-0.4, -0.2) is 32.0 Å². The number of nitrogen functional groups attached to an aromatic ring is 1. The quantitative estimate of drug-likeness (QED) is 0.515. The first kappa shape index (κ1) is 19.6. The number of fused-ring (bicyclic) bond motifs is 1. The number of hydrogen-bond donors (Lipinski definition) is 2. The molecule has 0 radical (unpaired) electrons. The van der Waals surface area contributed by atoms with Gasteiger partial charge < -0.3 is 11.1 Å². The summed E-state index contributed by atoms with van der Waals surface area (Å²) in [5.41, 5.74) is 10.6. The minimum Gasteiger partial charge on any atom is -0.366 e. The van der Waals surface area contributed by atoms with Crippen molar-refractivity contribution in [2.24, 2.45) is 0 Å². The van der Waals surface area contributed by atoms with Gasteiger partial charge in [-0.25, -0.2) is 4.52 Å². The molecular weight excluding hydrogens is 376 g/mol. The summed E-state index contributed by atoms with van der Waals surface area (Å²) in [6.07, 6.45) is 4.42. The number of nitrogens with one attached hydrogen (secondary N) is 1. The van der Waals surface area contributed by atoms with Gasteiger partial charge in [0.15, 0.2) is 5.65 Å². The van der Waals surface area contributed by atoms with Crippen LogP contribution >= 0.6 is 0 Å². The molecule has 0 aliphatic rings. The number of carbonyl (C=O) groups excluding carboxylic acids is 1. The average Bonchev–Trinajstić information content (AvgIpc) is 3.13. The number of rotatable bonds is 6. The highest BCUT2D eigenvalue weighted by atomic mass is 16.1. The van der Waals surface area contributed by atoms with E-state index in [4.69, 9.17) is 5.73 Å². The van der Waals surface area contributed by atoms with Gasteiger partial charge in [-0.3, -0.25) is 9.78 Å². The first-order valence-electron chi connectivity index (χ1n) is 9.93. The van der Waals surface area contributed by atoms with Gasteiger partial charge in [0.2, 0.25) is 5.95 Å².